The standard InChI is InChI=1S/C17H24FNOS/c18-16-3-5-17(6-4-16)21(20)13-15-8-11-19(12-9-15)10-7-14-1-2-14/h3-6,14-15H,1-2,7-13H2/t21-/m0/s1. The molecule has 0 unspecified atom stereocenters. The summed E-state index contributed by atoms with van der Waals surface area (Å²) in [5.74, 6) is 2.02. The summed E-state index contributed by atoms with van der Waals surface area (Å²) in [6.07, 6.45) is 6.54. The maximum atomic E-state index is 12.9. The third-order valence-corrected chi connectivity index (χ3v) is 6.29. The summed E-state index contributed by atoms with van der Waals surface area (Å²) >= 11 is 0. The molecule has 1 aromatic rings. The van der Waals surface area contributed by atoms with Crippen molar-refractivity contribution in [3.8, 4) is 0 Å². The average Bonchev–Trinajstić information content (AvgIpc) is 3.31. The summed E-state index contributed by atoms with van der Waals surface area (Å²) in [6.45, 7) is 3.55. The smallest absolute Gasteiger partial charge is 0.123 e. The molecule has 2 nitrogen and oxygen atoms in total. The summed E-state index contributed by atoms with van der Waals surface area (Å²) in [5, 5.41) is 0. The molecule has 2 fully saturated rings. The topological polar surface area (TPSA) is 20.3 Å². The summed E-state index contributed by atoms with van der Waals surface area (Å²) in [7, 11) is -0.987. The van der Waals surface area contributed by atoms with E-state index in [-0.39, 0.29) is 5.82 Å². The fraction of sp³-hybridized carbons (Fsp3) is 0.647. The van der Waals surface area contributed by atoms with Crippen molar-refractivity contribution in [2.24, 2.45) is 11.8 Å². The molecule has 1 atom stereocenters. The van der Waals surface area contributed by atoms with Crippen molar-refractivity contribution in [2.75, 3.05) is 25.4 Å². The second-order valence-electron chi connectivity index (χ2n) is 6.48. The number of piperidine rings is 1. The largest absolute Gasteiger partial charge is 0.303 e. The average molecular weight is 309 g/mol. The zero-order chi connectivity index (χ0) is 14.7. The van der Waals surface area contributed by atoms with E-state index in [4.69, 9.17) is 0 Å². The summed E-state index contributed by atoms with van der Waals surface area (Å²) in [5.41, 5.74) is 0. The lowest BCUT2D eigenvalue weighted by Crippen LogP contribution is -2.36. The van der Waals surface area contributed by atoms with Crippen molar-refractivity contribution in [1.82, 2.24) is 4.90 Å². The highest BCUT2D eigenvalue weighted by Crippen LogP contribution is 2.33. The van der Waals surface area contributed by atoms with Gasteiger partial charge in [-0.2, -0.15) is 0 Å². The summed E-state index contributed by atoms with van der Waals surface area (Å²) in [4.78, 5) is 3.32. The van der Waals surface area contributed by atoms with Crippen LogP contribution in [0.5, 0.6) is 0 Å². The van der Waals surface area contributed by atoms with Gasteiger partial charge in [-0.1, -0.05) is 12.8 Å². The third-order valence-electron chi connectivity index (χ3n) is 4.72. The lowest BCUT2D eigenvalue weighted by molar-refractivity contribution is 0.189. The lowest BCUT2D eigenvalue weighted by Gasteiger charge is -2.31. The second-order valence-corrected chi connectivity index (χ2v) is 7.98. The van der Waals surface area contributed by atoms with Crippen LogP contribution in [0.2, 0.25) is 0 Å². The van der Waals surface area contributed by atoms with Gasteiger partial charge in [0.05, 0.1) is 10.8 Å². The van der Waals surface area contributed by atoms with E-state index in [2.05, 4.69) is 4.90 Å². The van der Waals surface area contributed by atoms with Crippen molar-refractivity contribution in [2.45, 2.75) is 37.0 Å². The summed E-state index contributed by atoms with van der Waals surface area (Å²) < 4.78 is 25.2. The second kappa shape index (κ2) is 7.01. The Morgan fingerprint density at radius 1 is 1.05 bits per heavy atom. The van der Waals surface area contributed by atoms with Crippen LogP contribution >= 0.6 is 0 Å². The van der Waals surface area contributed by atoms with E-state index in [1.165, 1.54) is 37.9 Å². The van der Waals surface area contributed by atoms with Crippen molar-refractivity contribution >= 4 is 10.8 Å². The van der Waals surface area contributed by atoms with E-state index < -0.39 is 10.8 Å². The molecule has 2 aliphatic rings. The van der Waals surface area contributed by atoms with Gasteiger partial charge in [-0.05, 0) is 75.0 Å². The zero-order valence-corrected chi connectivity index (χ0v) is 13.3. The molecule has 1 saturated carbocycles. The Morgan fingerprint density at radius 2 is 1.71 bits per heavy atom. The number of likely N-dealkylation sites (tertiary alicyclic amines) is 1. The molecule has 116 valence electrons. The van der Waals surface area contributed by atoms with E-state index in [1.54, 1.807) is 12.1 Å². The van der Waals surface area contributed by atoms with Crippen LogP contribution < -0.4 is 0 Å². The molecule has 0 bridgehead atoms. The summed E-state index contributed by atoms with van der Waals surface area (Å²) in [6, 6.07) is 6.09. The minimum atomic E-state index is -0.987. The molecule has 0 radical (unpaired) electrons. The van der Waals surface area contributed by atoms with E-state index in [0.717, 1.165) is 42.5 Å². The first-order valence-corrected chi connectivity index (χ1v) is 9.39. The number of rotatable bonds is 6. The molecule has 1 saturated heterocycles. The quantitative estimate of drug-likeness (QED) is 0.802. The Bertz CT molecular complexity index is 478. The maximum absolute atomic E-state index is 12.9. The molecule has 1 aliphatic heterocycles. The highest BCUT2D eigenvalue weighted by Gasteiger charge is 2.25. The number of hydrogen-bond acceptors (Lipinski definition) is 2. The van der Waals surface area contributed by atoms with Crippen LogP contribution in [-0.2, 0) is 10.8 Å². The van der Waals surface area contributed by atoms with Gasteiger partial charge in [0, 0.05) is 10.6 Å². The molecule has 21 heavy (non-hydrogen) atoms. The van der Waals surface area contributed by atoms with Crippen molar-refractivity contribution < 1.29 is 8.60 Å². The minimum Gasteiger partial charge on any atom is -0.303 e. The van der Waals surface area contributed by atoms with E-state index in [0.29, 0.717) is 5.92 Å². The number of nitrogens with zero attached hydrogens (tertiary/aromatic N) is 1. The van der Waals surface area contributed by atoms with Crippen LogP contribution in [0.25, 0.3) is 0 Å². The van der Waals surface area contributed by atoms with Crippen LogP contribution in [0.3, 0.4) is 0 Å². The van der Waals surface area contributed by atoms with E-state index >= 15 is 0 Å². The Balaban J connectivity index is 1.41. The third kappa shape index (κ3) is 4.62. The molecule has 0 amide bonds. The van der Waals surface area contributed by atoms with Gasteiger partial charge in [-0.25, -0.2) is 4.39 Å². The van der Waals surface area contributed by atoms with E-state index in [9.17, 15) is 8.60 Å². The van der Waals surface area contributed by atoms with Crippen LogP contribution in [0, 0.1) is 17.7 Å². The first-order valence-electron chi connectivity index (χ1n) is 8.07. The van der Waals surface area contributed by atoms with Crippen LogP contribution in [0.1, 0.15) is 32.1 Å². The molecular weight excluding hydrogens is 285 g/mol. The fourth-order valence-corrected chi connectivity index (χ4v) is 4.44. The molecule has 1 aromatic carbocycles. The van der Waals surface area contributed by atoms with Gasteiger partial charge >= 0.3 is 0 Å². The predicted molar refractivity (Wildman–Crippen MR) is 84.2 cm³/mol. The predicted octanol–water partition coefficient (Wildman–Crippen LogP) is 3.45. The Hall–Kier alpha value is -0.740. The molecule has 1 heterocycles. The highest BCUT2D eigenvalue weighted by atomic mass is 32.2. The van der Waals surface area contributed by atoms with Gasteiger partial charge in [0.25, 0.3) is 0 Å². The molecule has 4 heteroatoms. The first kappa shape index (κ1) is 15.2. The monoisotopic (exact) mass is 309 g/mol. The Morgan fingerprint density at radius 3 is 2.33 bits per heavy atom. The van der Waals surface area contributed by atoms with Gasteiger partial charge in [-0.15, -0.1) is 0 Å². The number of halogens is 1. The molecule has 0 N–H and O–H groups in total. The van der Waals surface area contributed by atoms with Gasteiger partial charge in [0.2, 0.25) is 0 Å². The SMILES string of the molecule is O=[S@@](CC1CCN(CCC2CC2)CC1)c1ccc(F)cc1. The van der Waals surface area contributed by atoms with Crippen molar-refractivity contribution in [3.05, 3.63) is 30.1 Å². The molecule has 1 aliphatic carbocycles. The van der Waals surface area contributed by atoms with Gasteiger partial charge in [-0.3, -0.25) is 4.21 Å². The van der Waals surface area contributed by atoms with Crippen molar-refractivity contribution in [1.29, 1.82) is 0 Å². The van der Waals surface area contributed by atoms with Crippen LogP contribution in [0.4, 0.5) is 4.39 Å². The van der Waals surface area contributed by atoms with Gasteiger partial charge < -0.3 is 4.90 Å². The van der Waals surface area contributed by atoms with Gasteiger partial charge in [0.1, 0.15) is 5.82 Å². The van der Waals surface area contributed by atoms with Crippen LogP contribution in [-0.4, -0.2) is 34.5 Å². The Kier molecular flexibility index (Phi) is 5.07. The zero-order valence-electron chi connectivity index (χ0n) is 12.5. The van der Waals surface area contributed by atoms with Crippen molar-refractivity contribution in [3.63, 3.8) is 0 Å². The number of hydrogen-bond donors (Lipinski definition) is 0. The fourth-order valence-electron chi connectivity index (χ4n) is 3.05. The molecule has 0 spiro atoms. The molecule has 0 aromatic heterocycles. The normalized spacial score (nSPS) is 22.3. The first-order chi connectivity index (χ1) is 10.2. The van der Waals surface area contributed by atoms with Gasteiger partial charge in [0.15, 0.2) is 0 Å². The molecular formula is C17H24FNOS. The highest BCUT2D eigenvalue weighted by molar-refractivity contribution is 7.85. The molecule has 3 rings (SSSR count). The Labute approximate surface area is 129 Å². The van der Waals surface area contributed by atoms with E-state index in [1.807, 2.05) is 0 Å². The maximum Gasteiger partial charge on any atom is 0.123 e. The number of benzene rings is 1. The minimum absolute atomic E-state index is 0.264. The lowest BCUT2D eigenvalue weighted by atomic mass is 9.99. The van der Waals surface area contributed by atoms with Crippen LogP contribution in [0.15, 0.2) is 29.2 Å².